The van der Waals surface area contributed by atoms with E-state index in [0.717, 1.165) is 30.3 Å². The molecule has 6 heteroatoms. The molecular formula is C14H22N4S2. The molecule has 20 heavy (non-hydrogen) atoms. The zero-order chi connectivity index (χ0) is 14.2. The first-order valence-electron chi connectivity index (χ1n) is 7.14. The second-order valence-corrected chi connectivity index (χ2v) is 8.50. The average Bonchev–Trinajstić information content (AvgIpc) is 2.91. The monoisotopic (exact) mass is 310 g/mol. The van der Waals surface area contributed by atoms with Crippen LogP contribution in [0.1, 0.15) is 26.0 Å². The zero-order valence-electron chi connectivity index (χ0n) is 12.1. The molecule has 3 rings (SSSR count). The summed E-state index contributed by atoms with van der Waals surface area (Å²) in [6.07, 6.45) is 4.20. The van der Waals surface area contributed by atoms with E-state index in [2.05, 4.69) is 46.5 Å². The van der Waals surface area contributed by atoms with Crippen molar-refractivity contribution in [1.29, 1.82) is 0 Å². The topological polar surface area (TPSA) is 46.6 Å². The summed E-state index contributed by atoms with van der Waals surface area (Å²) >= 11 is 3.77. The summed E-state index contributed by atoms with van der Waals surface area (Å²) in [5.74, 6) is 2.32. The van der Waals surface area contributed by atoms with Crippen LogP contribution in [0.2, 0.25) is 0 Å². The van der Waals surface area contributed by atoms with E-state index in [1.807, 2.05) is 0 Å². The van der Waals surface area contributed by atoms with Crippen molar-refractivity contribution in [1.82, 2.24) is 9.38 Å². The van der Waals surface area contributed by atoms with Gasteiger partial charge in [0.05, 0.1) is 5.69 Å². The standard InChI is InChI=1S/C14H22N4S2/c1-14(2)4-6-17(7-10-20-14)12-11(3-5-15)18-8-9-19-13(18)16-12/h8-9H,3-7,10,15H2,1-2H3. The van der Waals surface area contributed by atoms with E-state index in [1.165, 1.54) is 17.9 Å². The first-order chi connectivity index (χ1) is 9.61. The Morgan fingerprint density at radius 1 is 1.40 bits per heavy atom. The summed E-state index contributed by atoms with van der Waals surface area (Å²) in [6, 6.07) is 0. The highest BCUT2D eigenvalue weighted by atomic mass is 32.2. The maximum absolute atomic E-state index is 5.79. The SMILES string of the molecule is CC1(C)CCN(c2nc3sccn3c2CCN)CCS1. The highest BCUT2D eigenvalue weighted by Crippen LogP contribution is 2.33. The number of thiazole rings is 1. The van der Waals surface area contributed by atoms with Gasteiger partial charge in [0.15, 0.2) is 10.8 Å². The Hall–Kier alpha value is -0.720. The molecule has 1 saturated heterocycles. The third-order valence-electron chi connectivity index (χ3n) is 3.86. The molecule has 0 bridgehead atoms. The molecular weight excluding hydrogens is 288 g/mol. The van der Waals surface area contributed by atoms with Gasteiger partial charge in [-0.3, -0.25) is 4.40 Å². The Bertz CT molecular complexity index is 587. The van der Waals surface area contributed by atoms with Gasteiger partial charge in [0, 0.05) is 41.6 Å². The van der Waals surface area contributed by atoms with Gasteiger partial charge in [-0.2, -0.15) is 11.8 Å². The van der Waals surface area contributed by atoms with Crippen LogP contribution in [0, 0.1) is 0 Å². The first-order valence-corrected chi connectivity index (χ1v) is 9.01. The van der Waals surface area contributed by atoms with E-state index in [1.54, 1.807) is 11.3 Å². The molecule has 1 aliphatic heterocycles. The number of thioether (sulfide) groups is 1. The molecule has 2 aromatic heterocycles. The second-order valence-electron chi connectivity index (χ2n) is 5.82. The molecule has 1 aliphatic rings. The predicted octanol–water partition coefficient (Wildman–Crippen LogP) is 2.62. The molecule has 1 fully saturated rings. The van der Waals surface area contributed by atoms with E-state index in [9.17, 15) is 0 Å². The number of nitrogens with two attached hydrogens (primary N) is 1. The van der Waals surface area contributed by atoms with Crippen molar-refractivity contribution < 1.29 is 0 Å². The number of anilines is 1. The number of aromatic nitrogens is 2. The maximum atomic E-state index is 5.79. The molecule has 0 spiro atoms. The van der Waals surface area contributed by atoms with Crippen molar-refractivity contribution in [2.24, 2.45) is 5.73 Å². The maximum Gasteiger partial charge on any atom is 0.195 e. The van der Waals surface area contributed by atoms with Crippen LogP contribution in [0.25, 0.3) is 4.96 Å². The number of fused-ring (bicyclic) bond motifs is 1. The van der Waals surface area contributed by atoms with Crippen LogP contribution < -0.4 is 10.6 Å². The molecule has 2 N–H and O–H groups in total. The summed E-state index contributed by atoms with van der Waals surface area (Å²) in [7, 11) is 0. The van der Waals surface area contributed by atoms with E-state index in [0.29, 0.717) is 11.3 Å². The fraction of sp³-hybridized carbons (Fsp3) is 0.643. The van der Waals surface area contributed by atoms with Crippen LogP contribution in [0.5, 0.6) is 0 Å². The second kappa shape index (κ2) is 5.58. The first kappa shape index (κ1) is 14.2. The summed E-state index contributed by atoms with van der Waals surface area (Å²) in [5, 5.41) is 2.09. The molecule has 4 nitrogen and oxygen atoms in total. The van der Waals surface area contributed by atoms with Crippen molar-refractivity contribution in [2.45, 2.75) is 31.4 Å². The molecule has 110 valence electrons. The van der Waals surface area contributed by atoms with E-state index >= 15 is 0 Å². The summed E-state index contributed by atoms with van der Waals surface area (Å²) in [6.45, 7) is 7.52. The molecule has 0 aliphatic carbocycles. The smallest absolute Gasteiger partial charge is 0.195 e. The van der Waals surface area contributed by atoms with Gasteiger partial charge < -0.3 is 10.6 Å². The zero-order valence-corrected chi connectivity index (χ0v) is 13.8. The van der Waals surface area contributed by atoms with Crippen molar-refractivity contribution in [3.8, 4) is 0 Å². The largest absolute Gasteiger partial charge is 0.354 e. The van der Waals surface area contributed by atoms with E-state index < -0.39 is 0 Å². The van der Waals surface area contributed by atoms with Crippen LogP contribution in [0.3, 0.4) is 0 Å². The van der Waals surface area contributed by atoms with Crippen LogP contribution in [0.15, 0.2) is 11.6 Å². The lowest BCUT2D eigenvalue weighted by Gasteiger charge is -2.23. The lowest BCUT2D eigenvalue weighted by Crippen LogP contribution is -2.28. The van der Waals surface area contributed by atoms with Crippen molar-refractivity contribution in [3.63, 3.8) is 0 Å². The van der Waals surface area contributed by atoms with Crippen LogP contribution in [0.4, 0.5) is 5.82 Å². The Labute approximate surface area is 128 Å². The fourth-order valence-corrected chi connectivity index (χ4v) is 4.50. The molecule has 0 amide bonds. The Morgan fingerprint density at radius 3 is 3.05 bits per heavy atom. The normalized spacial score (nSPS) is 19.4. The number of hydrogen-bond acceptors (Lipinski definition) is 5. The number of hydrogen-bond donors (Lipinski definition) is 1. The minimum absolute atomic E-state index is 0.375. The molecule has 0 unspecified atom stereocenters. The minimum atomic E-state index is 0.375. The van der Waals surface area contributed by atoms with Crippen LogP contribution in [-0.2, 0) is 6.42 Å². The molecule has 3 heterocycles. The predicted molar refractivity (Wildman–Crippen MR) is 89.2 cm³/mol. The van der Waals surface area contributed by atoms with Crippen LogP contribution in [-0.4, -0.2) is 39.5 Å². The number of rotatable bonds is 3. The van der Waals surface area contributed by atoms with E-state index in [-0.39, 0.29) is 0 Å². The van der Waals surface area contributed by atoms with Crippen molar-refractivity contribution >= 4 is 33.9 Å². The highest BCUT2D eigenvalue weighted by Gasteiger charge is 2.26. The summed E-state index contributed by atoms with van der Waals surface area (Å²) < 4.78 is 2.58. The van der Waals surface area contributed by atoms with Gasteiger partial charge in [-0.05, 0) is 13.0 Å². The Kier molecular flexibility index (Phi) is 3.97. The molecule has 2 aromatic rings. The third-order valence-corrected chi connectivity index (χ3v) is 5.99. The van der Waals surface area contributed by atoms with Gasteiger partial charge in [0.1, 0.15) is 0 Å². The van der Waals surface area contributed by atoms with Gasteiger partial charge in [0.25, 0.3) is 0 Å². The highest BCUT2D eigenvalue weighted by molar-refractivity contribution is 8.00. The molecule has 0 atom stereocenters. The molecule has 0 saturated carbocycles. The van der Waals surface area contributed by atoms with Gasteiger partial charge in [-0.1, -0.05) is 13.8 Å². The van der Waals surface area contributed by atoms with Gasteiger partial charge in [-0.25, -0.2) is 4.98 Å². The fourth-order valence-electron chi connectivity index (χ4n) is 2.68. The lowest BCUT2D eigenvalue weighted by molar-refractivity contribution is 0.634. The van der Waals surface area contributed by atoms with Crippen molar-refractivity contribution in [2.75, 3.05) is 30.3 Å². The summed E-state index contributed by atoms with van der Waals surface area (Å²) in [5.41, 5.74) is 7.06. The van der Waals surface area contributed by atoms with Gasteiger partial charge in [-0.15, -0.1) is 11.3 Å². The quantitative estimate of drug-likeness (QED) is 0.946. The number of nitrogens with zero attached hydrogens (tertiary/aromatic N) is 3. The van der Waals surface area contributed by atoms with Gasteiger partial charge >= 0.3 is 0 Å². The van der Waals surface area contributed by atoms with Crippen molar-refractivity contribution in [3.05, 3.63) is 17.3 Å². The number of imidazole rings is 1. The van der Waals surface area contributed by atoms with Crippen LogP contribution >= 0.6 is 23.1 Å². The molecule has 0 aromatic carbocycles. The third kappa shape index (κ3) is 2.69. The minimum Gasteiger partial charge on any atom is -0.354 e. The Balaban J connectivity index is 1.92. The molecule has 0 radical (unpaired) electrons. The summed E-state index contributed by atoms with van der Waals surface area (Å²) in [4.78, 5) is 8.38. The van der Waals surface area contributed by atoms with E-state index in [4.69, 9.17) is 10.7 Å². The average molecular weight is 310 g/mol. The van der Waals surface area contributed by atoms with Gasteiger partial charge in [0.2, 0.25) is 0 Å². The Morgan fingerprint density at radius 2 is 2.25 bits per heavy atom. The lowest BCUT2D eigenvalue weighted by atomic mass is 10.1.